The third-order valence-electron chi connectivity index (χ3n) is 4.01. The van der Waals surface area contributed by atoms with Crippen molar-refractivity contribution < 1.29 is 0 Å². The molecule has 0 spiro atoms. The molecule has 0 saturated carbocycles. The summed E-state index contributed by atoms with van der Waals surface area (Å²) in [5.41, 5.74) is 3.38. The van der Waals surface area contributed by atoms with Crippen molar-refractivity contribution in [2.24, 2.45) is 0 Å². The van der Waals surface area contributed by atoms with Crippen LogP contribution in [0, 0.1) is 6.92 Å². The lowest BCUT2D eigenvalue weighted by atomic mass is 10.0. The van der Waals surface area contributed by atoms with E-state index in [2.05, 4.69) is 27.0 Å². The van der Waals surface area contributed by atoms with Gasteiger partial charge in [-0.05, 0) is 37.9 Å². The van der Waals surface area contributed by atoms with Gasteiger partial charge in [-0.15, -0.1) is 0 Å². The standard InChI is InChI=1S/C16H20ClN3/c1-12-5-6-13(8-15(12)17)16-9-18-11-20(16)10-14-4-2-3-7-19-14/h5-6,8-9,11,14,19H,2-4,7,10H2,1H3. The van der Waals surface area contributed by atoms with Gasteiger partial charge in [-0.25, -0.2) is 4.98 Å². The number of hydrogen-bond acceptors (Lipinski definition) is 2. The minimum absolute atomic E-state index is 0.553. The summed E-state index contributed by atoms with van der Waals surface area (Å²) in [5.74, 6) is 0. The lowest BCUT2D eigenvalue weighted by Crippen LogP contribution is -2.37. The molecule has 3 nitrogen and oxygen atoms in total. The molecule has 3 rings (SSSR count). The van der Waals surface area contributed by atoms with Crippen LogP contribution in [0.25, 0.3) is 11.3 Å². The third kappa shape index (κ3) is 2.89. The smallest absolute Gasteiger partial charge is 0.0951 e. The highest BCUT2D eigenvalue weighted by Crippen LogP contribution is 2.25. The molecule has 1 aromatic carbocycles. The fraction of sp³-hybridized carbons (Fsp3) is 0.438. The molecule has 0 amide bonds. The molecule has 1 fully saturated rings. The van der Waals surface area contributed by atoms with E-state index in [0.717, 1.165) is 34.9 Å². The van der Waals surface area contributed by atoms with Crippen molar-refractivity contribution in [1.29, 1.82) is 0 Å². The van der Waals surface area contributed by atoms with Crippen LogP contribution in [0.4, 0.5) is 0 Å². The van der Waals surface area contributed by atoms with E-state index in [9.17, 15) is 0 Å². The molecule has 2 heterocycles. The topological polar surface area (TPSA) is 29.9 Å². The molecular formula is C16H20ClN3. The minimum atomic E-state index is 0.553. The first-order chi connectivity index (χ1) is 9.74. The summed E-state index contributed by atoms with van der Waals surface area (Å²) in [6.45, 7) is 4.13. The van der Waals surface area contributed by atoms with Crippen molar-refractivity contribution in [3.8, 4) is 11.3 Å². The zero-order chi connectivity index (χ0) is 13.9. The van der Waals surface area contributed by atoms with E-state index < -0.39 is 0 Å². The first-order valence-corrected chi connectivity index (χ1v) is 7.62. The van der Waals surface area contributed by atoms with E-state index in [1.807, 2.05) is 25.5 Å². The Balaban J connectivity index is 1.83. The predicted octanol–water partition coefficient (Wildman–Crippen LogP) is 3.65. The Morgan fingerprint density at radius 3 is 3.05 bits per heavy atom. The number of imidazole rings is 1. The lowest BCUT2D eigenvalue weighted by molar-refractivity contribution is 0.364. The van der Waals surface area contributed by atoms with Crippen LogP contribution in [-0.4, -0.2) is 22.1 Å². The van der Waals surface area contributed by atoms with Gasteiger partial charge in [-0.1, -0.05) is 30.2 Å². The van der Waals surface area contributed by atoms with Crippen LogP contribution in [0.15, 0.2) is 30.7 Å². The molecule has 1 atom stereocenters. The van der Waals surface area contributed by atoms with Gasteiger partial charge in [0.25, 0.3) is 0 Å². The molecule has 106 valence electrons. The fourth-order valence-corrected chi connectivity index (χ4v) is 2.96. The van der Waals surface area contributed by atoms with Crippen LogP contribution < -0.4 is 5.32 Å². The maximum atomic E-state index is 6.23. The van der Waals surface area contributed by atoms with E-state index in [0.29, 0.717) is 6.04 Å². The second kappa shape index (κ2) is 5.98. The molecule has 0 aliphatic carbocycles. The largest absolute Gasteiger partial charge is 0.329 e. The summed E-state index contributed by atoms with van der Waals surface area (Å²) < 4.78 is 2.23. The number of aromatic nitrogens is 2. The summed E-state index contributed by atoms with van der Waals surface area (Å²) in [7, 11) is 0. The Kier molecular flexibility index (Phi) is 4.08. The molecule has 20 heavy (non-hydrogen) atoms. The van der Waals surface area contributed by atoms with Crippen molar-refractivity contribution in [3.05, 3.63) is 41.3 Å². The molecule has 0 radical (unpaired) electrons. The maximum absolute atomic E-state index is 6.23. The van der Waals surface area contributed by atoms with Crippen LogP contribution in [0.3, 0.4) is 0 Å². The molecular weight excluding hydrogens is 270 g/mol. The molecule has 1 aromatic heterocycles. The highest BCUT2D eigenvalue weighted by atomic mass is 35.5. The Hall–Kier alpha value is -1.32. The summed E-state index contributed by atoms with van der Waals surface area (Å²) >= 11 is 6.23. The van der Waals surface area contributed by atoms with Crippen LogP contribution in [0.5, 0.6) is 0 Å². The average Bonchev–Trinajstić information content (AvgIpc) is 2.91. The zero-order valence-electron chi connectivity index (χ0n) is 11.8. The van der Waals surface area contributed by atoms with Gasteiger partial charge >= 0.3 is 0 Å². The van der Waals surface area contributed by atoms with Gasteiger partial charge in [-0.2, -0.15) is 0 Å². The summed E-state index contributed by atoms with van der Waals surface area (Å²) in [6.07, 6.45) is 7.69. The Morgan fingerprint density at radius 2 is 2.30 bits per heavy atom. The number of nitrogens with zero attached hydrogens (tertiary/aromatic N) is 2. The molecule has 2 aromatic rings. The predicted molar refractivity (Wildman–Crippen MR) is 83.1 cm³/mol. The number of rotatable bonds is 3. The molecule has 0 bridgehead atoms. The molecule has 1 aliphatic heterocycles. The first-order valence-electron chi connectivity index (χ1n) is 7.24. The van der Waals surface area contributed by atoms with Gasteiger partial charge in [0.1, 0.15) is 0 Å². The van der Waals surface area contributed by atoms with E-state index in [4.69, 9.17) is 11.6 Å². The van der Waals surface area contributed by atoms with Crippen molar-refractivity contribution in [2.45, 2.75) is 38.8 Å². The molecule has 1 N–H and O–H groups in total. The fourth-order valence-electron chi connectivity index (χ4n) is 2.78. The van der Waals surface area contributed by atoms with E-state index in [1.165, 1.54) is 19.3 Å². The van der Waals surface area contributed by atoms with Crippen molar-refractivity contribution in [1.82, 2.24) is 14.9 Å². The van der Waals surface area contributed by atoms with Gasteiger partial charge in [0.2, 0.25) is 0 Å². The number of nitrogens with one attached hydrogen (secondary N) is 1. The Morgan fingerprint density at radius 1 is 1.40 bits per heavy atom. The maximum Gasteiger partial charge on any atom is 0.0951 e. The summed E-state index contributed by atoms with van der Waals surface area (Å²) in [4.78, 5) is 4.31. The highest BCUT2D eigenvalue weighted by molar-refractivity contribution is 6.31. The third-order valence-corrected chi connectivity index (χ3v) is 4.42. The highest BCUT2D eigenvalue weighted by Gasteiger charge is 2.15. The van der Waals surface area contributed by atoms with Crippen LogP contribution in [-0.2, 0) is 6.54 Å². The second-order valence-electron chi connectivity index (χ2n) is 5.54. The lowest BCUT2D eigenvalue weighted by Gasteiger charge is -2.24. The summed E-state index contributed by atoms with van der Waals surface area (Å²) in [5, 5.41) is 4.39. The van der Waals surface area contributed by atoms with Crippen LogP contribution >= 0.6 is 11.6 Å². The van der Waals surface area contributed by atoms with Gasteiger partial charge in [0.15, 0.2) is 0 Å². The Bertz CT molecular complexity index is 585. The summed E-state index contributed by atoms with van der Waals surface area (Å²) in [6, 6.07) is 6.76. The van der Waals surface area contributed by atoms with Gasteiger partial charge in [0.05, 0.1) is 18.2 Å². The number of benzene rings is 1. The number of halogens is 1. The second-order valence-corrected chi connectivity index (χ2v) is 5.95. The monoisotopic (exact) mass is 289 g/mol. The zero-order valence-corrected chi connectivity index (χ0v) is 12.5. The SMILES string of the molecule is Cc1ccc(-c2cncn2CC2CCCCN2)cc1Cl. The van der Waals surface area contributed by atoms with Gasteiger partial charge in [0, 0.05) is 23.2 Å². The van der Waals surface area contributed by atoms with Crippen molar-refractivity contribution >= 4 is 11.6 Å². The number of aryl methyl sites for hydroxylation is 1. The van der Waals surface area contributed by atoms with Crippen LogP contribution in [0.1, 0.15) is 24.8 Å². The van der Waals surface area contributed by atoms with E-state index in [1.54, 1.807) is 0 Å². The van der Waals surface area contributed by atoms with Crippen LogP contribution in [0.2, 0.25) is 5.02 Å². The number of piperidine rings is 1. The normalized spacial score (nSPS) is 19.2. The van der Waals surface area contributed by atoms with Gasteiger partial charge < -0.3 is 9.88 Å². The van der Waals surface area contributed by atoms with E-state index >= 15 is 0 Å². The molecule has 4 heteroatoms. The molecule has 1 aliphatic rings. The van der Waals surface area contributed by atoms with E-state index in [-0.39, 0.29) is 0 Å². The Labute approximate surface area is 125 Å². The average molecular weight is 290 g/mol. The van der Waals surface area contributed by atoms with Crippen molar-refractivity contribution in [3.63, 3.8) is 0 Å². The quantitative estimate of drug-likeness (QED) is 0.935. The first kappa shape index (κ1) is 13.7. The van der Waals surface area contributed by atoms with Crippen molar-refractivity contribution in [2.75, 3.05) is 6.54 Å². The van der Waals surface area contributed by atoms with Gasteiger partial charge in [-0.3, -0.25) is 0 Å². The minimum Gasteiger partial charge on any atom is -0.329 e. The molecule has 1 unspecified atom stereocenters. The number of hydrogen-bond donors (Lipinski definition) is 1. The molecule has 1 saturated heterocycles.